The molecule has 0 spiro atoms. The van der Waals surface area contributed by atoms with Crippen LogP contribution in [0.4, 0.5) is 23.2 Å². The number of ether oxygens (including phenoxy) is 1. The summed E-state index contributed by atoms with van der Waals surface area (Å²) in [5.74, 6) is -4.43. The summed E-state index contributed by atoms with van der Waals surface area (Å²) < 4.78 is 56.3. The molecule has 0 fully saturated rings. The summed E-state index contributed by atoms with van der Waals surface area (Å²) in [7, 11) is 2.02. The minimum Gasteiger partial charge on any atom is -0.465 e. The zero-order chi connectivity index (χ0) is 14.8. The number of hydrogen-bond acceptors (Lipinski definition) is 3. The quantitative estimate of drug-likeness (QED) is 0.483. The van der Waals surface area contributed by atoms with Crippen molar-refractivity contribution in [2.75, 3.05) is 19.1 Å². The number of rotatable bonds is 3. The summed E-state index contributed by atoms with van der Waals surface area (Å²) in [6.07, 6.45) is -5.09. The highest BCUT2D eigenvalue weighted by molar-refractivity contribution is 5.95. The first-order valence-corrected chi connectivity index (χ1v) is 5.29. The first kappa shape index (κ1) is 15.3. The lowest BCUT2D eigenvalue weighted by Crippen LogP contribution is -2.52. The van der Waals surface area contributed by atoms with Crippen LogP contribution in [0.2, 0.25) is 0 Å². The topological polar surface area (TPSA) is 29.5 Å². The van der Waals surface area contributed by atoms with Gasteiger partial charge in [0.1, 0.15) is 0 Å². The first-order valence-electron chi connectivity index (χ1n) is 5.29. The number of hydrogen-bond donors (Lipinski definition) is 0. The van der Waals surface area contributed by atoms with Gasteiger partial charge in [-0.15, -0.1) is 0 Å². The Bertz CT molecular complexity index is 471. The number of carbonyl (C=O) groups is 1. The molecule has 1 aromatic rings. The second-order valence-electron chi connectivity index (χ2n) is 4.02. The number of anilines is 1. The van der Waals surface area contributed by atoms with E-state index in [1.807, 2.05) is 0 Å². The number of alkyl halides is 4. The average molecular weight is 279 g/mol. The van der Waals surface area contributed by atoms with E-state index in [-0.39, 0.29) is 11.3 Å². The fraction of sp³-hybridized carbons (Fsp3) is 0.417. The maximum absolute atomic E-state index is 13.9. The van der Waals surface area contributed by atoms with Gasteiger partial charge in [-0.3, -0.25) is 0 Å². The van der Waals surface area contributed by atoms with E-state index in [9.17, 15) is 22.4 Å². The van der Waals surface area contributed by atoms with E-state index < -0.39 is 17.9 Å². The van der Waals surface area contributed by atoms with Crippen molar-refractivity contribution < 1.29 is 27.1 Å². The Labute approximate surface area is 107 Å². The Hall–Kier alpha value is -1.79. The van der Waals surface area contributed by atoms with Crippen LogP contribution in [0.25, 0.3) is 0 Å². The van der Waals surface area contributed by atoms with Gasteiger partial charge in [-0.1, -0.05) is 12.1 Å². The molecule has 0 N–H and O–H groups in total. The lowest BCUT2D eigenvalue weighted by Gasteiger charge is -2.35. The van der Waals surface area contributed by atoms with Crippen LogP contribution in [0.1, 0.15) is 17.3 Å². The van der Waals surface area contributed by atoms with E-state index in [0.29, 0.717) is 11.8 Å². The van der Waals surface area contributed by atoms with Crippen molar-refractivity contribution in [1.82, 2.24) is 0 Å². The monoisotopic (exact) mass is 279 g/mol. The molecule has 0 saturated heterocycles. The van der Waals surface area contributed by atoms with Crippen LogP contribution in [-0.4, -0.2) is 32.1 Å². The number of esters is 1. The molecule has 0 aromatic heterocycles. The molecule has 19 heavy (non-hydrogen) atoms. The molecule has 1 atom stereocenters. The highest BCUT2D eigenvalue weighted by Crippen LogP contribution is 2.39. The van der Waals surface area contributed by atoms with E-state index in [4.69, 9.17) is 0 Å². The Morgan fingerprint density at radius 3 is 2.21 bits per heavy atom. The summed E-state index contributed by atoms with van der Waals surface area (Å²) in [4.78, 5) is 11.8. The third-order valence-electron chi connectivity index (χ3n) is 2.82. The molecule has 0 aliphatic rings. The van der Waals surface area contributed by atoms with Crippen LogP contribution in [0.5, 0.6) is 0 Å². The minimum absolute atomic E-state index is 0.138. The average Bonchev–Trinajstić information content (AvgIpc) is 2.35. The second kappa shape index (κ2) is 5.07. The molecule has 3 nitrogen and oxygen atoms in total. The van der Waals surface area contributed by atoms with Gasteiger partial charge in [-0.25, -0.2) is 9.18 Å². The molecule has 0 aliphatic heterocycles. The second-order valence-corrected chi connectivity index (χ2v) is 4.02. The molecule has 0 bridgehead atoms. The maximum atomic E-state index is 13.9. The Morgan fingerprint density at radius 2 is 1.74 bits per heavy atom. The standard InChI is InChI=1S/C12H13F4NO2/c1-11(13,12(14,15)16)17(2)9-7-5-4-6-8(9)10(18)19-3/h4-7H,1-3H3. The van der Waals surface area contributed by atoms with Gasteiger partial charge in [0, 0.05) is 7.05 Å². The summed E-state index contributed by atoms with van der Waals surface area (Å²) in [6, 6.07) is 5.34. The summed E-state index contributed by atoms with van der Waals surface area (Å²) in [5.41, 5.74) is -0.336. The number of halogens is 4. The molecule has 1 unspecified atom stereocenters. The zero-order valence-corrected chi connectivity index (χ0v) is 10.6. The molecule has 0 aliphatic carbocycles. The molecule has 0 radical (unpaired) electrons. The van der Waals surface area contributed by atoms with Gasteiger partial charge in [-0.05, 0) is 19.1 Å². The predicted octanol–water partition coefficient (Wildman–Crippen LogP) is 3.16. The molecule has 0 amide bonds. The fourth-order valence-corrected chi connectivity index (χ4v) is 1.47. The molecule has 106 valence electrons. The first-order chi connectivity index (χ1) is 8.63. The molecular weight excluding hydrogens is 266 g/mol. The highest BCUT2D eigenvalue weighted by atomic mass is 19.4. The van der Waals surface area contributed by atoms with E-state index in [1.54, 1.807) is 0 Å². The number of carbonyl (C=O) groups excluding carboxylic acids is 1. The van der Waals surface area contributed by atoms with Crippen LogP contribution < -0.4 is 4.90 Å². The Kier molecular flexibility index (Phi) is 4.07. The lowest BCUT2D eigenvalue weighted by molar-refractivity contribution is -0.222. The van der Waals surface area contributed by atoms with Crippen LogP contribution in [0, 0.1) is 0 Å². The Morgan fingerprint density at radius 1 is 1.21 bits per heavy atom. The minimum atomic E-state index is -5.09. The van der Waals surface area contributed by atoms with Crippen LogP contribution in [0.3, 0.4) is 0 Å². The number of methoxy groups -OCH3 is 1. The van der Waals surface area contributed by atoms with Crippen LogP contribution in [0.15, 0.2) is 24.3 Å². The lowest BCUT2D eigenvalue weighted by atomic mass is 10.1. The Balaban J connectivity index is 3.28. The van der Waals surface area contributed by atoms with Crippen LogP contribution >= 0.6 is 0 Å². The maximum Gasteiger partial charge on any atom is 0.441 e. The van der Waals surface area contributed by atoms with Gasteiger partial charge in [0.2, 0.25) is 0 Å². The smallest absolute Gasteiger partial charge is 0.441 e. The van der Waals surface area contributed by atoms with Crippen molar-refractivity contribution in [3.63, 3.8) is 0 Å². The van der Waals surface area contributed by atoms with E-state index in [0.717, 1.165) is 14.2 Å². The predicted molar refractivity (Wildman–Crippen MR) is 61.8 cm³/mol. The number of benzene rings is 1. The molecule has 0 heterocycles. The van der Waals surface area contributed by atoms with Crippen molar-refractivity contribution in [2.24, 2.45) is 0 Å². The van der Waals surface area contributed by atoms with Crippen LogP contribution in [-0.2, 0) is 4.74 Å². The van der Waals surface area contributed by atoms with Gasteiger partial charge >= 0.3 is 12.1 Å². The van der Waals surface area contributed by atoms with E-state index in [1.165, 1.54) is 24.3 Å². The summed E-state index contributed by atoms with van der Waals surface area (Å²) in [6.45, 7) is 0.390. The normalized spacial score (nSPS) is 14.7. The van der Waals surface area contributed by atoms with Gasteiger partial charge in [0.05, 0.1) is 18.4 Å². The SMILES string of the molecule is COC(=O)c1ccccc1N(C)C(C)(F)C(F)(F)F. The zero-order valence-electron chi connectivity index (χ0n) is 10.6. The van der Waals surface area contributed by atoms with Crippen molar-refractivity contribution in [3.05, 3.63) is 29.8 Å². The molecule has 7 heteroatoms. The third kappa shape index (κ3) is 2.80. The van der Waals surface area contributed by atoms with Gasteiger partial charge in [0.25, 0.3) is 5.79 Å². The van der Waals surface area contributed by atoms with E-state index in [2.05, 4.69) is 4.74 Å². The van der Waals surface area contributed by atoms with Crippen molar-refractivity contribution in [1.29, 1.82) is 0 Å². The summed E-state index contributed by atoms with van der Waals surface area (Å²) >= 11 is 0. The number of nitrogens with zero attached hydrogens (tertiary/aromatic N) is 1. The van der Waals surface area contributed by atoms with Gasteiger partial charge < -0.3 is 9.64 Å². The molecular formula is C12H13F4NO2. The van der Waals surface area contributed by atoms with Crippen molar-refractivity contribution >= 4 is 11.7 Å². The van der Waals surface area contributed by atoms with Gasteiger partial charge in [0.15, 0.2) is 0 Å². The third-order valence-corrected chi connectivity index (χ3v) is 2.82. The number of para-hydroxylation sites is 1. The molecule has 1 rings (SSSR count). The largest absolute Gasteiger partial charge is 0.465 e. The van der Waals surface area contributed by atoms with Gasteiger partial charge in [-0.2, -0.15) is 13.2 Å². The summed E-state index contributed by atoms with van der Waals surface area (Å²) in [5, 5.41) is 0. The fourth-order valence-electron chi connectivity index (χ4n) is 1.47. The molecule has 1 aromatic carbocycles. The van der Waals surface area contributed by atoms with E-state index >= 15 is 0 Å². The molecule has 0 saturated carbocycles. The van der Waals surface area contributed by atoms with Crippen molar-refractivity contribution in [3.8, 4) is 0 Å². The van der Waals surface area contributed by atoms with Crippen molar-refractivity contribution in [2.45, 2.75) is 18.9 Å². The highest BCUT2D eigenvalue weighted by Gasteiger charge is 2.55.